The molecule has 0 spiro atoms. The van der Waals surface area contributed by atoms with Gasteiger partial charge in [0.05, 0.1) is 31.0 Å². The average molecular weight is 359 g/mol. The van der Waals surface area contributed by atoms with Crippen molar-refractivity contribution < 1.29 is 19.0 Å². The zero-order chi connectivity index (χ0) is 15.7. The molecule has 1 rings (SSSR count). The highest BCUT2D eigenvalue weighted by atomic mass is 79.9. The van der Waals surface area contributed by atoms with Gasteiger partial charge in [-0.25, -0.2) is 10.2 Å². The van der Waals surface area contributed by atoms with Gasteiger partial charge in [-0.1, -0.05) is 6.92 Å². The van der Waals surface area contributed by atoms with Crippen LogP contribution in [-0.2, 0) is 4.74 Å². The van der Waals surface area contributed by atoms with Gasteiger partial charge >= 0.3 is 6.09 Å². The van der Waals surface area contributed by atoms with Crippen LogP contribution < -0.4 is 14.9 Å². The first-order valence-electron chi connectivity index (χ1n) is 6.58. The molecule has 0 unspecified atom stereocenters. The number of ether oxygens (including phenoxy) is 3. The van der Waals surface area contributed by atoms with Crippen LogP contribution >= 0.6 is 15.9 Å². The van der Waals surface area contributed by atoms with Crippen molar-refractivity contribution >= 4 is 28.2 Å². The molecule has 0 saturated carbocycles. The van der Waals surface area contributed by atoms with Crippen molar-refractivity contribution in [2.45, 2.75) is 20.3 Å². The zero-order valence-corrected chi connectivity index (χ0v) is 13.9. The van der Waals surface area contributed by atoms with E-state index in [1.54, 1.807) is 20.1 Å². The third kappa shape index (κ3) is 5.63. The first-order chi connectivity index (χ1) is 10.1. The Bertz CT molecular complexity index is 506. The minimum absolute atomic E-state index is 0.296. The van der Waals surface area contributed by atoms with Gasteiger partial charge in [-0.05, 0) is 47.0 Å². The molecule has 0 heterocycles. The number of carbonyl (C=O) groups is 1. The van der Waals surface area contributed by atoms with E-state index >= 15 is 0 Å². The lowest BCUT2D eigenvalue weighted by Gasteiger charge is -2.12. The predicted octanol–water partition coefficient (Wildman–Crippen LogP) is 3.33. The molecule has 0 atom stereocenters. The standard InChI is InChI=1S/C14H19BrN2O4/c1-4-6-21-13-11(15)7-10(8-12(13)19-3)9-16-17-14(18)20-5-2/h7-9H,4-6H2,1-3H3,(H,17,18)/b16-9-. The Morgan fingerprint density at radius 1 is 1.43 bits per heavy atom. The molecule has 0 radical (unpaired) electrons. The van der Waals surface area contributed by atoms with E-state index in [-0.39, 0.29) is 0 Å². The SMILES string of the molecule is CCCOc1c(Br)cc(/C=N\NC(=O)OCC)cc1OC. The second-order valence-electron chi connectivity index (χ2n) is 3.97. The zero-order valence-electron chi connectivity index (χ0n) is 12.3. The number of nitrogens with zero attached hydrogens (tertiary/aromatic N) is 1. The van der Waals surface area contributed by atoms with Crippen molar-refractivity contribution in [2.24, 2.45) is 5.10 Å². The third-order valence-electron chi connectivity index (χ3n) is 2.35. The van der Waals surface area contributed by atoms with Crippen LogP contribution in [0.1, 0.15) is 25.8 Å². The van der Waals surface area contributed by atoms with Gasteiger partial charge in [0.15, 0.2) is 11.5 Å². The highest BCUT2D eigenvalue weighted by Crippen LogP contribution is 2.36. The first kappa shape index (κ1) is 17.3. The summed E-state index contributed by atoms with van der Waals surface area (Å²) in [5.74, 6) is 1.24. The molecule has 21 heavy (non-hydrogen) atoms. The lowest BCUT2D eigenvalue weighted by molar-refractivity contribution is 0.152. The molecule has 0 aromatic heterocycles. The van der Waals surface area contributed by atoms with Crippen LogP contribution in [0.3, 0.4) is 0 Å². The quantitative estimate of drug-likeness (QED) is 0.599. The number of halogens is 1. The number of methoxy groups -OCH3 is 1. The maximum absolute atomic E-state index is 11.1. The monoisotopic (exact) mass is 358 g/mol. The summed E-state index contributed by atoms with van der Waals surface area (Å²) in [5, 5.41) is 3.80. The molecular formula is C14H19BrN2O4. The third-order valence-corrected chi connectivity index (χ3v) is 2.94. The summed E-state index contributed by atoms with van der Waals surface area (Å²) in [5.41, 5.74) is 3.01. The fraction of sp³-hybridized carbons (Fsp3) is 0.429. The molecular weight excluding hydrogens is 340 g/mol. The van der Waals surface area contributed by atoms with Crippen LogP contribution in [0.4, 0.5) is 4.79 Å². The molecule has 1 aromatic rings. The highest BCUT2D eigenvalue weighted by Gasteiger charge is 2.10. The summed E-state index contributed by atoms with van der Waals surface area (Å²) in [4.78, 5) is 11.1. The van der Waals surface area contributed by atoms with E-state index in [9.17, 15) is 4.79 Å². The average Bonchev–Trinajstić information content (AvgIpc) is 2.46. The maximum atomic E-state index is 11.1. The number of hydrogen-bond acceptors (Lipinski definition) is 5. The van der Waals surface area contributed by atoms with Crippen molar-refractivity contribution in [3.63, 3.8) is 0 Å². The smallest absolute Gasteiger partial charge is 0.427 e. The summed E-state index contributed by atoms with van der Waals surface area (Å²) in [7, 11) is 1.57. The predicted molar refractivity (Wildman–Crippen MR) is 84.2 cm³/mol. The van der Waals surface area contributed by atoms with E-state index in [1.807, 2.05) is 13.0 Å². The molecule has 1 aromatic carbocycles. The number of benzene rings is 1. The fourth-order valence-electron chi connectivity index (χ4n) is 1.48. The Hall–Kier alpha value is -1.76. The summed E-state index contributed by atoms with van der Waals surface area (Å²) in [6, 6.07) is 3.59. The van der Waals surface area contributed by atoms with Crippen molar-refractivity contribution in [3.8, 4) is 11.5 Å². The Morgan fingerprint density at radius 2 is 2.19 bits per heavy atom. The number of hydrogen-bond donors (Lipinski definition) is 1. The Morgan fingerprint density at radius 3 is 2.81 bits per heavy atom. The maximum Gasteiger partial charge on any atom is 0.427 e. The van der Waals surface area contributed by atoms with Gasteiger partial charge in [0, 0.05) is 0 Å². The molecule has 0 fully saturated rings. The van der Waals surface area contributed by atoms with E-state index in [0.717, 1.165) is 16.5 Å². The normalized spacial score (nSPS) is 10.5. The van der Waals surface area contributed by atoms with E-state index in [2.05, 4.69) is 26.5 Å². The van der Waals surface area contributed by atoms with Crippen molar-refractivity contribution in [1.82, 2.24) is 5.43 Å². The molecule has 0 aliphatic carbocycles. The van der Waals surface area contributed by atoms with Gasteiger partial charge in [-0.15, -0.1) is 0 Å². The molecule has 6 nitrogen and oxygen atoms in total. The number of carbonyl (C=O) groups excluding carboxylic acids is 1. The van der Waals surface area contributed by atoms with E-state index in [4.69, 9.17) is 14.2 Å². The van der Waals surface area contributed by atoms with Gasteiger partial charge in [-0.3, -0.25) is 0 Å². The lowest BCUT2D eigenvalue weighted by atomic mass is 10.2. The second-order valence-corrected chi connectivity index (χ2v) is 4.83. The number of nitrogens with one attached hydrogen (secondary N) is 1. The van der Waals surface area contributed by atoms with Crippen LogP contribution in [0, 0.1) is 0 Å². The topological polar surface area (TPSA) is 69.2 Å². The van der Waals surface area contributed by atoms with Gasteiger partial charge < -0.3 is 14.2 Å². The van der Waals surface area contributed by atoms with Gasteiger partial charge in [0.2, 0.25) is 0 Å². The molecule has 7 heteroatoms. The largest absolute Gasteiger partial charge is 0.493 e. The minimum Gasteiger partial charge on any atom is -0.493 e. The number of rotatable bonds is 7. The lowest BCUT2D eigenvalue weighted by Crippen LogP contribution is -2.18. The van der Waals surface area contributed by atoms with Crippen molar-refractivity contribution in [2.75, 3.05) is 20.3 Å². The van der Waals surface area contributed by atoms with Crippen LogP contribution in [0.2, 0.25) is 0 Å². The summed E-state index contributed by atoms with van der Waals surface area (Å²) < 4.78 is 16.4. The Kier molecular flexibility index (Phi) is 7.60. The number of hydrazone groups is 1. The van der Waals surface area contributed by atoms with E-state index < -0.39 is 6.09 Å². The van der Waals surface area contributed by atoms with Crippen molar-refractivity contribution in [1.29, 1.82) is 0 Å². The first-order valence-corrected chi connectivity index (χ1v) is 7.37. The Labute approximate surface area is 132 Å². The summed E-state index contributed by atoms with van der Waals surface area (Å²) in [6.07, 6.45) is 1.80. The van der Waals surface area contributed by atoms with E-state index in [0.29, 0.717) is 24.7 Å². The molecule has 0 bridgehead atoms. The van der Waals surface area contributed by atoms with Crippen LogP contribution in [0.15, 0.2) is 21.7 Å². The Balaban J connectivity index is 2.82. The summed E-state index contributed by atoms with van der Waals surface area (Å²) >= 11 is 3.44. The van der Waals surface area contributed by atoms with Crippen LogP contribution in [-0.4, -0.2) is 32.6 Å². The fourth-order valence-corrected chi connectivity index (χ4v) is 2.06. The highest BCUT2D eigenvalue weighted by molar-refractivity contribution is 9.10. The van der Waals surface area contributed by atoms with Gasteiger partial charge in [-0.2, -0.15) is 5.10 Å². The molecule has 0 saturated heterocycles. The molecule has 1 N–H and O–H groups in total. The number of amides is 1. The second kappa shape index (κ2) is 9.23. The molecule has 0 aliphatic heterocycles. The van der Waals surface area contributed by atoms with Crippen molar-refractivity contribution in [3.05, 3.63) is 22.2 Å². The van der Waals surface area contributed by atoms with Crippen LogP contribution in [0.5, 0.6) is 11.5 Å². The van der Waals surface area contributed by atoms with Gasteiger partial charge in [0.1, 0.15) is 0 Å². The minimum atomic E-state index is -0.595. The van der Waals surface area contributed by atoms with Gasteiger partial charge in [0.25, 0.3) is 0 Å². The molecule has 0 aliphatic rings. The summed E-state index contributed by atoms with van der Waals surface area (Å²) in [6.45, 7) is 4.65. The molecule has 116 valence electrons. The molecule has 1 amide bonds. The van der Waals surface area contributed by atoms with E-state index in [1.165, 1.54) is 6.21 Å². The van der Waals surface area contributed by atoms with Crippen LogP contribution in [0.25, 0.3) is 0 Å².